The fourth-order valence-electron chi connectivity index (χ4n) is 12.0. The number of ether oxygens (including phenoxy) is 1. The maximum absolute atomic E-state index is 16.4. The van der Waals surface area contributed by atoms with E-state index in [1.54, 1.807) is 51.1 Å². The summed E-state index contributed by atoms with van der Waals surface area (Å²) < 4.78 is 38.1. The molecule has 4 aromatic rings. The number of carbonyl (C=O) groups excluding carboxylic acids is 5. The number of nitrogens with one attached hydrogen (secondary N) is 2. The van der Waals surface area contributed by atoms with Crippen LogP contribution < -0.4 is 10.9 Å². The quantitative estimate of drug-likeness (QED) is 0.162. The molecule has 10 rings (SSSR count). The number of aromatic amines is 1. The van der Waals surface area contributed by atoms with Crippen molar-refractivity contribution in [2.45, 2.75) is 115 Å². The highest BCUT2D eigenvalue weighted by Crippen LogP contribution is 2.47. The molecular formula is C56H68F2N8O7. The molecule has 5 amide bonds. The molecule has 73 heavy (non-hydrogen) atoms. The fourth-order valence-corrected chi connectivity index (χ4v) is 12.0. The van der Waals surface area contributed by atoms with E-state index < -0.39 is 29.5 Å². The van der Waals surface area contributed by atoms with E-state index in [1.807, 2.05) is 24.0 Å². The van der Waals surface area contributed by atoms with Gasteiger partial charge >= 0.3 is 0 Å². The summed E-state index contributed by atoms with van der Waals surface area (Å²) in [6.45, 7) is 6.85. The van der Waals surface area contributed by atoms with Gasteiger partial charge in [0.2, 0.25) is 17.7 Å². The summed E-state index contributed by atoms with van der Waals surface area (Å²) in [5, 5.41) is 11.0. The van der Waals surface area contributed by atoms with E-state index in [4.69, 9.17) is 4.74 Å². The van der Waals surface area contributed by atoms with Gasteiger partial charge in [-0.2, -0.15) is 5.10 Å². The minimum Gasteiger partial charge on any atom is -0.373 e. The molecule has 1 unspecified atom stereocenters. The van der Waals surface area contributed by atoms with Crippen LogP contribution in [0.2, 0.25) is 0 Å². The predicted octanol–water partition coefficient (Wildman–Crippen LogP) is 6.04. The van der Waals surface area contributed by atoms with Crippen molar-refractivity contribution in [1.82, 2.24) is 40.0 Å². The van der Waals surface area contributed by atoms with Crippen LogP contribution in [-0.4, -0.2) is 154 Å². The Morgan fingerprint density at radius 2 is 1.47 bits per heavy atom. The molecule has 5 heterocycles. The second-order valence-corrected chi connectivity index (χ2v) is 21.7. The summed E-state index contributed by atoms with van der Waals surface area (Å²) in [4.78, 5) is 90.1. The van der Waals surface area contributed by atoms with Gasteiger partial charge < -0.3 is 29.7 Å². The number of halogens is 2. The number of hydrogen-bond donors (Lipinski definition) is 2. The number of piperidine rings is 2. The average molecular weight is 1000 g/mol. The Labute approximate surface area is 425 Å². The normalized spacial score (nSPS) is 22.3. The van der Waals surface area contributed by atoms with Crippen molar-refractivity contribution in [1.29, 1.82) is 0 Å². The average Bonchev–Trinajstić information content (AvgIpc) is 4.01. The number of aromatic nitrogens is 2. The van der Waals surface area contributed by atoms with Crippen LogP contribution in [0.5, 0.6) is 0 Å². The Balaban J connectivity index is 0.679. The minimum absolute atomic E-state index is 0.0211. The molecule has 0 spiro atoms. The topological polar surface area (TPSA) is 169 Å². The second kappa shape index (κ2) is 21.8. The molecule has 6 fully saturated rings. The molecule has 2 aliphatic carbocycles. The van der Waals surface area contributed by atoms with E-state index in [-0.39, 0.29) is 83.5 Å². The van der Waals surface area contributed by atoms with Crippen molar-refractivity contribution in [2.24, 2.45) is 11.3 Å². The van der Waals surface area contributed by atoms with E-state index in [0.717, 1.165) is 70.6 Å². The smallest absolute Gasteiger partial charge is 0.272 e. The summed E-state index contributed by atoms with van der Waals surface area (Å²) in [5.41, 5.74) is 1.03. The zero-order valence-corrected chi connectivity index (χ0v) is 41.9. The van der Waals surface area contributed by atoms with Gasteiger partial charge in [-0.1, -0.05) is 62.6 Å². The molecule has 3 aromatic carbocycles. The molecule has 1 aromatic heterocycles. The number of amides is 5. The van der Waals surface area contributed by atoms with Crippen LogP contribution >= 0.6 is 0 Å². The predicted molar refractivity (Wildman–Crippen MR) is 270 cm³/mol. The molecule has 4 aliphatic heterocycles. The van der Waals surface area contributed by atoms with Crippen molar-refractivity contribution < 1.29 is 37.5 Å². The fraction of sp³-hybridized carbons (Fsp3) is 0.554. The molecule has 388 valence electrons. The van der Waals surface area contributed by atoms with Gasteiger partial charge in [0.05, 0.1) is 41.0 Å². The van der Waals surface area contributed by atoms with E-state index in [0.29, 0.717) is 92.8 Å². The Hall–Kier alpha value is -6.07. The van der Waals surface area contributed by atoms with Crippen molar-refractivity contribution >= 4 is 40.3 Å². The number of benzene rings is 3. The highest BCUT2D eigenvalue weighted by molar-refractivity contribution is 5.98. The van der Waals surface area contributed by atoms with Gasteiger partial charge in [0.15, 0.2) is 0 Å². The largest absolute Gasteiger partial charge is 0.373 e. The highest BCUT2D eigenvalue weighted by Gasteiger charge is 2.48. The van der Waals surface area contributed by atoms with Gasteiger partial charge in [0.25, 0.3) is 17.4 Å². The van der Waals surface area contributed by atoms with Gasteiger partial charge in [0, 0.05) is 88.6 Å². The second-order valence-electron chi connectivity index (χ2n) is 21.7. The van der Waals surface area contributed by atoms with E-state index in [9.17, 15) is 28.8 Å². The molecule has 17 heteroatoms. The number of hydrogen-bond acceptors (Lipinski definition) is 9. The standard InChI is InChI=1S/C56H68F2N8O7/c1-56(21-22-56)55(72)66-23-8-11-38(33-66)41-14-7-15-44(49(41)58)51(68)59-50(37-9-3-2-4-10-37)54(71)65-26-20-40(34-65)73-39-18-24-62(25-19-39)35-48(67)63-27-29-64(30-28-63)53(70)45-31-36(16-17-46(45)57)32-47-42-12-5-6-13-43(42)52(69)61-60-47/h5-7,12-17,31,37-40,50H,2-4,8-11,18-30,32-35H2,1H3,(H,59,68)(H,61,69)/t38?,40-,50+/m0/s1. The number of likely N-dealkylation sites (tertiary alicyclic amines) is 3. The van der Waals surface area contributed by atoms with Crippen LogP contribution in [0.1, 0.15) is 127 Å². The third kappa shape index (κ3) is 11.2. The number of nitrogens with zero attached hydrogens (tertiary/aromatic N) is 6. The number of carbonyl (C=O) groups is 5. The van der Waals surface area contributed by atoms with Crippen LogP contribution in [0.4, 0.5) is 8.78 Å². The van der Waals surface area contributed by atoms with Gasteiger partial charge in [-0.05, 0) is 99.1 Å². The van der Waals surface area contributed by atoms with Crippen molar-refractivity contribution in [3.63, 3.8) is 0 Å². The monoisotopic (exact) mass is 1000 g/mol. The molecule has 2 N–H and O–H groups in total. The lowest BCUT2D eigenvalue weighted by Crippen LogP contribution is -2.53. The van der Waals surface area contributed by atoms with Gasteiger partial charge in [-0.15, -0.1) is 0 Å². The third-order valence-corrected chi connectivity index (χ3v) is 16.7. The van der Waals surface area contributed by atoms with E-state index >= 15 is 8.78 Å². The summed E-state index contributed by atoms with van der Waals surface area (Å²) in [6, 6.07) is 15.7. The zero-order valence-electron chi connectivity index (χ0n) is 41.9. The van der Waals surface area contributed by atoms with Crippen molar-refractivity contribution in [2.75, 3.05) is 72.0 Å². The molecule has 15 nitrogen and oxygen atoms in total. The molecule has 0 radical (unpaired) electrons. The first-order valence-electron chi connectivity index (χ1n) is 26.7. The van der Waals surface area contributed by atoms with Crippen LogP contribution in [0.15, 0.2) is 65.5 Å². The Bertz CT molecular complexity index is 2780. The Morgan fingerprint density at radius 1 is 0.740 bits per heavy atom. The molecule has 2 saturated carbocycles. The number of H-pyrrole nitrogens is 1. The molecule has 6 aliphatic rings. The first-order chi connectivity index (χ1) is 35.3. The SMILES string of the molecule is CC1(C(=O)N2CCCC(c3cccc(C(=O)N[C@@H](C(=O)N4CC[C@H](OC5CCN(CC(=O)N6CCN(C(=O)c7cc(Cc8n[nH]c(=O)c9ccccc89)ccc7F)CC6)CC5)C4)C4CCCCC4)c3F)C2)CC1. The summed E-state index contributed by atoms with van der Waals surface area (Å²) >= 11 is 0. The van der Waals surface area contributed by atoms with Crippen LogP contribution in [-0.2, 0) is 25.5 Å². The van der Waals surface area contributed by atoms with E-state index in [2.05, 4.69) is 20.4 Å². The maximum atomic E-state index is 16.4. The Morgan fingerprint density at radius 3 is 2.22 bits per heavy atom. The lowest BCUT2D eigenvalue weighted by atomic mass is 9.83. The molecule has 3 atom stereocenters. The summed E-state index contributed by atoms with van der Waals surface area (Å²) in [5.74, 6) is -2.51. The summed E-state index contributed by atoms with van der Waals surface area (Å²) in [6.07, 6.45) is 10.2. The number of fused-ring (bicyclic) bond motifs is 1. The lowest BCUT2D eigenvalue weighted by molar-refractivity contribution is -0.137. The van der Waals surface area contributed by atoms with Gasteiger partial charge in [0.1, 0.15) is 17.7 Å². The Kier molecular flexibility index (Phi) is 15.1. The number of rotatable bonds is 13. The highest BCUT2D eigenvalue weighted by atomic mass is 19.1. The van der Waals surface area contributed by atoms with Gasteiger partial charge in [-0.3, -0.25) is 33.7 Å². The van der Waals surface area contributed by atoms with Crippen molar-refractivity contribution in [3.05, 3.63) is 111 Å². The zero-order chi connectivity index (χ0) is 50.8. The van der Waals surface area contributed by atoms with Crippen LogP contribution in [0.25, 0.3) is 10.8 Å². The first kappa shape index (κ1) is 50.5. The van der Waals surface area contributed by atoms with Crippen LogP contribution in [0.3, 0.4) is 0 Å². The summed E-state index contributed by atoms with van der Waals surface area (Å²) in [7, 11) is 0. The van der Waals surface area contributed by atoms with E-state index in [1.165, 1.54) is 12.1 Å². The van der Waals surface area contributed by atoms with Crippen molar-refractivity contribution in [3.8, 4) is 0 Å². The first-order valence-corrected chi connectivity index (χ1v) is 26.7. The molecular weight excluding hydrogens is 935 g/mol. The molecule has 4 saturated heterocycles. The van der Waals surface area contributed by atoms with Crippen LogP contribution in [0, 0.1) is 23.0 Å². The minimum atomic E-state index is -0.776. The molecule has 0 bridgehead atoms. The third-order valence-electron chi connectivity index (χ3n) is 16.7. The number of piperazine rings is 1. The lowest BCUT2D eigenvalue weighted by Gasteiger charge is -2.37. The van der Waals surface area contributed by atoms with Gasteiger partial charge in [-0.25, -0.2) is 13.9 Å². The maximum Gasteiger partial charge on any atom is 0.272 e.